The van der Waals surface area contributed by atoms with Gasteiger partial charge in [0, 0.05) is 31.5 Å². The van der Waals surface area contributed by atoms with E-state index in [0.29, 0.717) is 38.4 Å². The average Bonchev–Trinajstić information content (AvgIpc) is 3.07. The van der Waals surface area contributed by atoms with Crippen molar-refractivity contribution in [3.05, 3.63) is 48.2 Å². The molecule has 1 atom stereocenters. The Hall–Kier alpha value is -2.60. The molecule has 1 fully saturated rings. The number of rotatable bonds is 8. The Morgan fingerprint density at radius 2 is 1.76 bits per heavy atom. The number of nitrogens with zero attached hydrogens (tertiary/aromatic N) is 2. The molecule has 1 saturated carbocycles. The van der Waals surface area contributed by atoms with E-state index in [1.54, 1.807) is 4.90 Å². The van der Waals surface area contributed by atoms with Crippen molar-refractivity contribution in [2.24, 2.45) is 0 Å². The van der Waals surface area contributed by atoms with Crippen LogP contribution in [0.3, 0.4) is 0 Å². The molecule has 1 unspecified atom stereocenters. The van der Waals surface area contributed by atoms with Gasteiger partial charge in [-0.05, 0) is 50.8 Å². The number of fused-ring (bicyclic) bond motifs is 1. The minimum absolute atomic E-state index is 0.0440. The van der Waals surface area contributed by atoms with E-state index in [0.717, 1.165) is 36.9 Å². The fourth-order valence-corrected chi connectivity index (χ4v) is 5.22. The molecule has 33 heavy (non-hydrogen) atoms. The Kier molecular flexibility index (Phi) is 7.53. The normalized spacial score (nSPS) is 21.5. The number of carbonyl (C=O) groups is 2. The number of carbonyl (C=O) groups excluding carboxylic acids is 2. The van der Waals surface area contributed by atoms with Crippen LogP contribution in [0.1, 0.15) is 69.3 Å². The van der Waals surface area contributed by atoms with Crippen molar-refractivity contribution < 1.29 is 14.3 Å². The third-order valence-electron chi connectivity index (χ3n) is 7.13. The minimum atomic E-state index is -0.953. The van der Waals surface area contributed by atoms with Gasteiger partial charge in [0.25, 0.3) is 5.91 Å². The number of aromatic nitrogens is 1. The lowest BCUT2D eigenvalue weighted by molar-refractivity contribution is -0.133. The lowest BCUT2D eigenvalue weighted by atomic mass is 9.93. The van der Waals surface area contributed by atoms with Crippen LogP contribution in [0.25, 0.3) is 11.3 Å². The Morgan fingerprint density at radius 1 is 1.06 bits per heavy atom. The molecule has 1 aliphatic carbocycles. The van der Waals surface area contributed by atoms with Crippen LogP contribution in [0.15, 0.2) is 42.5 Å². The molecule has 178 valence electrons. The summed E-state index contributed by atoms with van der Waals surface area (Å²) in [4.78, 5) is 29.2. The van der Waals surface area contributed by atoms with Crippen LogP contribution in [0.4, 0.5) is 0 Å². The summed E-state index contributed by atoms with van der Waals surface area (Å²) in [6.45, 7) is 6.06. The fourth-order valence-electron chi connectivity index (χ4n) is 5.22. The van der Waals surface area contributed by atoms with Gasteiger partial charge in [-0.2, -0.15) is 0 Å². The standard InChI is InChI=1S/C27H37N3O3/c1-3-33-19-11-18-30-25(31)24-17-16-23(21-12-7-6-8-13-21)29(24)20-27(30,2)26(32)28-22-14-9-4-5-10-15-22/h6-8,12-13,16-17,22H,3-5,9-11,14-15,18-20H2,1-2H3,(H,28,32). The SMILES string of the molecule is CCOCCCN1C(=O)c2ccc(-c3ccccc3)n2CC1(C)C(=O)NC1CCCCCC1. The number of hydrogen-bond acceptors (Lipinski definition) is 3. The van der Waals surface area contributed by atoms with Crippen LogP contribution in [0, 0.1) is 0 Å². The molecule has 1 aromatic heterocycles. The van der Waals surface area contributed by atoms with Crippen molar-refractivity contribution in [2.75, 3.05) is 19.8 Å². The summed E-state index contributed by atoms with van der Waals surface area (Å²) in [5, 5.41) is 3.33. The van der Waals surface area contributed by atoms with E-state index in [1.165, 1.54) is 12.8 Å². The molecular formula is C27H37N3O3. The summed E-state index contributed by atoms with van der Waals surface area (Å²) in [7, 11) is 0. The third-order valence-corrected chi connectivity index (χ3v) is 7.13. The highest BCUT2D eigenvalue weighted by Gasteiger charge is 2.47. The van der Waals surface area contributed by atoms with Crippen LogP contribution in [0.2, 0.25) is 0 Å². The lowest BCUT2D eigenvalue weighted by Gasteiger charge is -2.45. The zero-order chi connectivity index (χ0) is 23.3. The van der Waals surface area contributed by atoms with Crippen molar-refractivity contribution in [1.82, 2.24) is 14.8 Å². The average molecular weight is 452 g/mol. The van der Waals surface area contributed by atoms with Crippen LogP contribution in [-0.4, -0.2) is 52.6 Å². The molecule has 0 bridgehead atoms. The van der Waals surface area contributed by atoms with Gasteiger partial charge in [0.15, 0.2) is 0 Å². The molecular weight excluding hydrogens is 414 g/mol. The van der Waals surface area contributed by atoms with E-state index < -0.39 is 5.54 Å². The maximum Gasteiger partial charge on any atom is 0.271 e. The smallest absolute Gasteiger partial charge is 0.271 e. The van der Waals surface area contributed by atoms with E-state index >= 15 is 0 Å². The van der Waals surface area contributed by atoms with Gasteiger partial charge in [0.2, 0.25) is 5.91 Å². The van der Waals surface area contributed by atoms with Crippen molar-refractivity contribution in [3.63, 3.8) is 0 Å². The fraction of sp³-hybridized carbons (Fsp3) is 0.556. The second kappa shape index (κ2) is 10.6. The molecule has 1 aliphatic heterocycles. The van der Waals surface area contributed by atoms with Gasteiger partial charge in [-0.1, -0.05) is 56.0 Å². The molecule has 2 aliphatic rings. The van der Waals surface area contributed by atoms with Crippen LogP contribution in [0.5, 0.6) is 0 Å². The molecule has 2 heterocycles. The number of amides is 2. The molecule has 2 aromatic rings. The monoisotopic (exact) mass is 451 g/mol. The van der Waals surface area contributed by atoms with E-state index in [4.69, 9.17) is 4.74 Å². The Balaban J connectivity index is 1.64. The van der Waals surface area contributed by atoms with Crippen LogP contribution in [-0.2, 0) is 16.1 Å². The first-order valence-corrected chi connectivity index (χ1v) is 12.5. The third kappa shape index (κ3) is 5.01. The largest absolute Gasteiger partial charge is 0.382 e. The molecule has 6 heteroatoms. The van der Waals surface area contributed by atoms with Crippen molar-refractivity contribution >= 4 is 11.8 Å². The summed E-state index contributed by atoms with van der Waals surface area (Å²) in [5.41, 5.74) is 1.71. The zero-order valence-electron chi connectivity index (χ0n) is 20.0. The molecule has 6 nitrogen and oxygen atoms in total. The lowest BCUT2D eigenvalue weighted by Crippen LogP contribution is -2.65. The van der Waals surface area contributed by atoms with Crippen molar-refractivity contribution in [1.29, 1.82) is 0 Å². The van der Waals surface area contributed by atoms with Gasteiger partial charge in [0.05, 0.1) is 6.54 Å². The first kappa shape index (κ1) is 23.6. The van der Waals surface area contributed by atoms with Crippen molar-refractivity contribution in [2.45, 2.75) is 76.9 Å². The first-order valence-electron chi connectivity index (χ1n) is 12.5. The Bertz CT molecular complexity index is 947. The van der Waals surface area contributed by atoms with Gasteiger partial charge >= 0.3 is 0 Å². The van der Waals surface area contributed by atoms with Gasteiger partial charge in [-0.25, -0.2) is 0 Å². The first-order chi connectivity index (χ1) is 16.0. The molecule has 0 spiro atoms. The van der Waals surface area contributed by atoms with Crippen LogP contribution < -0.4 is 5.32 Å². The number of hydrogen-bond donors (Lipinski definition) is 1. The predicted molar refractivity (Wildman–Crippen MR) is 130 cm³/mol. The van der Waals surface area contributed by atoms with Gasteiger partial charge in [0.1, 0.15) is 11.2 Å². The van der Waals surface area contributed by atoms with E-state index in [-0.39, 0.29) is 17.9 Å². The summed E-state index contributed by atoms with van der Waals surface area (Å²) in [6.07, 6.45) is 7.52. The molecule has 1 aromatic carbocycles. The zero-order valence-corrected chi connectivity index (χ0v) is 20.0. The maximum absolute atomic E-state index is 13.8. The quantitative estimate of drug-likeness (QED) is 0.470. The highest BCUT2D eigenvalue weighted by molar-refractivity contribution is 6.00. The number of nitrogens with one attached hydrogen (secondary N) is 1. The summed E-state index contributed by atoms with van der Waals surface area (Å²) in [6, 6.07) is 14.2. The van der Waals surface area contributed by atoms with Crippen LogP contribution >= 0.6 is 0 Å². The molecule has 2 amide bonds. The maximum atomic E-state index is 13.8. The van der Waals surface area contributed by atoms with Gasteiger partial charge in [-0.15, -0.1) is 0 Å². The Labute approximate surface area is 197 Å². The van der Waals surface area contributed by atoms with E-state index in [1.807, 2.05) is 60.9 Å². The van der Waals surface area contributed by atoms with Gasteiger partial charge in [-0.3, -0.25) is 9.59 Å². The molecule has 0 saturated heterocycles. The van der Waals surface area contributed by atoms with Crippen molar-refractivity contribution in [3.8, 4) is 11.3 Å². The highest BCUT2D eigenvalue weighted by atomic mass is 16.5. The number of benzene rings is 1. The second-order valence-corrected chi connectivity index (χ2v) is 9.50. The van der Waals surface area contributed by atoms with E-state index in [2.05, 4.69) is 5.32 Å². The van der Waals surface area contributed by atoms with Gasteiger partial charge < -0.3 is 19.5 Å². The molecule has 0 radical (unpaired) electrons. The second-order valence-electron chi connectivity index (χ2n) is 9.50. The van der Waals surface area contributed by atoms with E-state index in [9.17, 15) is 9.59 Å². The summed E-state index contributed by atoms with van der Waals surface area (Å²) in [5.74, 6) is -0.129. The Morgan fingerprint density at radius 3 is 2.45 bits per heavy atom. The summed E-state index contributed by atoms with van der Waals surface area (Å²) < 4.78 is 7.54. The predicted octanol–water partition coefficient (Wildman–Crippen LogP) is 4.64. The molecule has 4 rings (SSSR count). The minimum Gasteiger partial charge on any atom is -0.382 e. The topological polar surface area (TPSA) is 63.6 Å². The number of ether oxygens (including phenoxy) is 1. The molecule has 1 N–H and O–H groups in total. The highest BCUT2D eigenvalue weighted by Crippen LogP contribution is 2.33. The summed E-state index contributed by atoms with van der Waals surface area (Å²) >= 11 is 0.